The second kappa shape index (κ2) is 5.37. The standard InChI is InChI=1S/C15H21NO/c1-4-7-16-9-13-10-17-15-6-5-12(11(2)3)8-14(13)15/h5-6,8,10-11,16H,4,7,9H2,1-3H3. The normalized spacial score (nSPS) is 11.5. The Balaban J connectivity index is 2.26. The first-order valence-electron chi connectivity index (χ1n) is 6.43. The van der Waals surface area contributed by atoms with Crippen molar-refractivity contribution in [2.24, 2.45) is 0 Å². The molecule has 0 aliphatic carbocycles. The zero-order chi connectivity index (χ0) is 12.3. The molecule has 92 valence electrons. The van der Waals surface area contributed by atoms with E-state index in [2.05, 4.69) is 44.3 Å². The van der Waals surface area contributed by atoms with Crippen molar-refractivity contribution in [3.8, 4) is 0 Å². The van der Waals surface area contributed by atoms with Gasteiger partial charge in [0.15, 0.2) is 0 Å². The fraction of sp³-hybridized carbons (Fsp3) is 0.467. The van der Waals surface area contributed by atoms with Gasteiger partial charge in [-0.05, 0) is 36.6 Å². The fourth-order valence-corrected chi connectivity index (χ4v) is 2.00. The van der Waals surface area contributed by atoms with E-state index >= 15 is 0 Å². The fourth-order valence-electron chi connectivity index (χ4n) is 2.00. The predicted molar refractivity (Wildman–Crippen MR) is 72.3 cm³/mol. The van der Waals surface area contributed by atoms with Crippen molar-refractivity contribution in [1.29, 1.82) is 0 Å². The van der Waals surface area contributed by atoms with Crippen molar-refractivity contribution in [2.45, 2.75) is 39.7 Å². The quantitative estimate of drug-likeness (QED) is 0.785. The largest absolute Gasteiger partial charge is 0.464 e. The first-order valence-corrected chi connectivity index (χ1v) is 6.43. The molecule has 0 spiro atoms. The maximum absolute atomic E-state index is 5.57. The van der Waals surface area contributed by atoms with Gasteiger partial charge >= 0.3 is 0 Å². The summed E-state index contributed by atoms with van der Waals surface area (Å²) in [5.74, 6) is 0.561. The summed E-state index contributed by atoms with van der Waals surface area (Å²) >= 11 is 0. The highest BCUT2D eigenvalue weighted by Crippen LogP contribution is 2.25. The molecule has 0 fully saturated rings. The Kier molecular flexibility index (Phi) is 3.85. The monoisotopic (exact) mass is 231 g/mol. The number of rotatable bonds is 5. The Bertz CT molecular complexity index is 485. The van der Waals surface area contributed by atoms with Gasteiger partial charge in [0.05, 0.1) is 6.26 Å². The van der Waals surface area contributed by atoms with Gasteiger partial charge in [-0.2, -0.15) is 0 Å². The molecule has 2 heteroatoms. The van der Waals surface area contributed by atoms with Crippen LogP contribution in [0.4, 0.5) is 0 Å². The van der Waals surface area contributed by atoms with Crippen molar-refractivity contribution in [1.82, 2.24) is 5.32 Å². The molecule has 1 heterocycles. The van der Waals surface area contributed by atoms with Gasteiger partial charge in [0.25, 0.3) is 0 Å². The van der Waals surface area contributed by atoms with E-state index in [1.54, 1.807) is 0 Å². The Morgan fingerprint density at radius 3 is 2.82 bits per heavy atom. The Labute approximate surface area is 103 Å². The molecular formula is C15H21NO. The molecule has 2 rings (SSSR count). The number of benzene rings is 1. The topological polar surface area (TPSA) is 25.2 Å². The maximum Gasteiger partial charge on any atom is 0.134 e. The van der Waals surface area contributed by atoms with Crippen molar-refractivity contribution in [2.75, 3.05) is 6.54 Å². The molecule has 17 heavy (non-hydrogen) atoms. The Morgan fingerprint density at radius 2 is 2.12 bits per heavy atom. The first-order chi connectivity index (χ1) is 8.22. The average Bonchev–Trinajstić information content (AvgIpc) is 2.72. The van der Waals surface area contributed by atoms with Crippen LogP contribution in [0, 0.1) is 0 Å². The van der Waals surface area contributed by atoms with E-state index in [9.17, 15) is 0 Å². The minimum absolute atomic E-state index is 0.561. The molecule has 1 aromatic heterocycles. The molecule has 0 saturated carbocycles. The van der Waals surface area contributed by atoms with Crippen molar-refractivity contribution < 1.29 is 4.42 Å². The van der Waals surface area contributed by atoms with Crippen LogP contribution in [0.1, 0.15) is 44.2 Å². The third-order valence-corrected chi connectivity index (χ3v) is 3.09. The minimum atomic E-state index is 0.561. The third-order valence-electron chi connectivity index (χ3n) is 3.09. The highest BCUT2D eigenvalue weighted by atomic mass is 16.3. The summed E-state index contributed by atoms with van der Waals surface area (Å²) in [7, 11) is 0. The summed E-state index contributed by atoms with van der Waals surface area (Å²) in [5.41, 5.74) is 3.62. The second-order valence-corrected chi connectivity index (χ2v) is 4.85. The summed E-state index contributed by atoms with van der Waals surface area (Å²) < 4.78 is 5.57. The first kappa shape index (κ1) is 12.2. The lowest BCUT2D eigenvalue weighted by Crippen LogP contribution is -2.13. The van der Waals surface area contributed by atoms with Gasteiger partial charge in [-0.1, -0.05) is 26.8 Å². The van der Waals surface area contributed by atoms with Gasteiger partial charge < -0.3 is 9.73 Å². The van der Waals surface area contributed by atoms with E-state index in [0.29, 0.717) is 5.92 Å². The van der Waals surface area contributed by atoms with Crippen LogP contribution in [0.15, 0.2) is 28.9 Å². The maximum atomic E-state index is 5.57. The van der Waals surface area contributed by atoms with Crippen molar-refractivity contribution >= 4 is 11.0 Å². The van der Waals surface area contributed by atoms with E-state index in [-0.39, 0.29) is 0 Å². The van der Waals surface area contributed by atoms with Crippen LogP contribution in [0.3, 0.4) is 0 Å². The van der Waals surface area contributed by atoms with Crippen molar-refractivity contribution in [3.63, 3.8) is 0 Å². The SMILES string of the molecule is CCCNCc1coc2ccc(C(C)C)cc12. The van der Waals surface area contributed by atoms with Crippen molar-refractivity contribution in [3.05, 3.63) is 35.6 Å². The summed E-state index contributed by atoms with van der Waals surface area (Å²) in [6.45, 7) is 8.56. The van der Waals surface area contributed by atoms with E-state index < -0.39 is 0 Å². The highest BCUT2D eigenvalue weighted by molar-refractivity contribution is 5.81. The summed E-state index contributed by atoms with van der Waals surface area (Å²) in [6, 6.07) is 6.49. The van der Waals surface area contributed by atoms with Crippen LogP contribution in [-0.2, 0) is 6.54 Å². The number of hydrogen-bond acceptors (Lipinski definition) is 2. The zero-order valence-electron chi connectivity index (χ0n) is 10.9. The number of fused-ring (bicyclic) bond motifs is 1. The lowest BCUT2D eigenvalue weighted by atomic mass is 10.0. The molecular weight excluding hydrogens is 210 g/mol. The molecule has 1 N–H and O–H groups in total. The van der Waals surface area contributed by atoms with Crippen LogP contribution >= 0.6 is 0 Å². The number of nitrogens with one attached hydrogen (secondary N) is 1. The molecule has 0 amide bonds. The van der Waals surface area contributed by atoms with Crippen LogP contribution in [0.5, 0.6) is 0 Å². The van der Waals surface area contributed by atoms with E-state index in [1.807, 2.05) is 6.26 Å². The molecule has 0 aliphatic rings. The van der Waals surface area contributed by atoms with Gasteiger partial charge in [0.1, 0.15) is 5.58 Å². The van der Waals surface area contributed by atoms with E-state index in [1.165, 1.54) is 16.5 Å². The third kappa shape index (κ3) is 2.70. The lowest BCUT2D eigenvalue weighted by molar-refractivity contribution is 0.601. The number of furan rings is 1. The second-order valence-electron chi connectivity index (χ2n) is 4.85. The summed E-state index contributed by atoms with van der Waals surface area (Å²) in [6.07, 6.45) is 3.03. The van der Waals surface area contributed by atoms with Gasteiger partial charge in [0, 0.05) is 17.5 Å². The molecule has 0 unspecified atom stereocenters. The zero-order valence-corrected chi connectivity index (χ0v) is 10.9. The van der Waals surface area contributed by atoms with Gasteiger partial charge in [-0.15, -0.1) is 0 Å². The van der Waals surface area contributed by atoms with Gasteiger partial charge in [0.2, 0.25) is 0 Å². The lowest BCUT2D eigenvalue weighted by Gasteiger charge is -2.05. The Hall–Kier alpha value is -1.28. The molecule has 0 saturated heterocycles. The van der Waals surface area contributed by atoms with Crippen LogP contribution in [0.2, 0.25) is 0 Å². The predicted octanol–water partition coefficient (Wildman–Crippen LogP) is 4.06. The minimum Gasteiger partial charge on any atom is -0.464 e. The highest BCUT2D eigenvalue weighted by Gasteiger charge is 2.07. The molecule has 2 aromatic rings. The molecule has 0 bridgehead atoms. The molecule has 0 atom stereocenters. The van der Waals surface area contributed by atoms with Gasteiger partial charge in [-0.3, -0.25) is 0 Å². The molecule has 0 aliphatic heterocycles. The Morgan fingerprint density at radius 1 is 1.29 bits per heavy atom. The van der Waals surface area contributed by atoms with Crippen LogP contribution in [-0.4, -0.2) is 6.54 Å². The van der Waals surface area contributed by atoms with Gasteiger partial charge in [-0.25, -0.2) is 0 Å². The summed E-state index contributed by atoms with van der Waals surface area (Å²) in [5, 5.41) is 4.67. The van der Waals surface area contributed by atoms with Crippen LogP contribution < -0.4 is 5.32 Å². The average molecular weight is 231 g/mol. The molecule has 2 nitrogen and oxygen atoms in total. The summed E-state index contributed by atoms with van der Waals surface area (Å²) in [4.78, 5) is 0. The van der Waals surface area contributed by atoms with E-state index in [4.69, 9.17) is 4.42 Å². The number of hydrogen-bond donors (Lipinski definition) is 1. The smallest absolute Gasteiger partial charge is 0.134 e. The molecule has 1 aromatic carbocycles. The van der Waals surface area contributed by atoms with Crippen LogP contribution in [0.25, 0.3) is 11.0 Å². The van der Waals surface area contributed by atoms with E-state index in [0.717, 1.165) is 25.1 Å². The molecule has 0 radical (unpaired) electrons.